The summed E-state index contributed by atoms with van der Waals surface area (Å²) in [5, 5.41) is 24.8. The Morgan fingerprint density at radius 1 is 1.17 bits per heavy atom. The van der Waals surface area contributed by atoms with Gasteiger partial charge in [0.1, 0.15) is 17.3 Å². The lowest BCUT2D eigenvalue weighted by Crippen LogP contribution is -2.35. The maximum Gasteiger partial charge on any atom is 0.413 e. The third-order valence-corrected chi connectivity index (χ3v) is 8.24. The van der Waals surface area contributed by atoms with Crippen molar-refractivity contribution in [3.05, 3.63) is 70.9 Å². The van der Waals surface area contributed by atoms with Gasteiger partial charge in [0.2, 0.25) is 0 Å². The van der Waals surface area contributed by atoms with E-state index in [1.807, 2.05) is 32.9 Å². The molecule has 0 aliphatic heterocycles. The minimum Gasteiger partial charge on any atom is -0.383 e. The SMILES string of the molecule is CC(C)(C)CNc1c(C#N)cnc2c(F)cc(NC(c3cn(C4(C(F)(F)F)CC4)nn3)c3cccc4ncsc34)cc12. The first-order valence-electron chi connectivity index (χ1n) is 13.2. The fourth-order valence-electron chi connectivity index (χ4n) is 4.96. The summed E-state index contributed by atoms with van der Waals surface area (Å²) in [7, 11) is 0. The maximum absolute atomic E-state index is 15.5. The molecule has 1 aliphatic rings. The number of anilines is 2. The molecule has 42 heavy (non-hydrogen) atoms. The summed E-state index contributed by atoms with van der Waals surface area (Å²) in [6, 6.07) is 9.75. The van der Waals surface area contributed by atoms with Crippen molar-refractivity contribution < 1.29 is 17.6 Å². The second kappa shape index (κ2) is 9.90. The van der Waals surface area contributed by atoms with Gasteiger partial charge in [-0.2, -0.15) is 18.4 Å². The Labute approximate surface area is 242 Å². The standard InChI is InChI=1S/C29H26F4N8S/c1-27(2,3)14-36-23-16(11-34)12-35-24-19(23)9-17(10-20(24)30)38-25(18-5-4-6-21-26(18)42-15-37-21)22-13-41(40-39-22)28(7-8-28)29(31,32)33/h4-6,9-10,12-13,15,25,38H,7-8,14H2,1-3H3,(H,35,36). The van der Waals surface area contributed by atoms with Crippen LogP contribution in [0.3, 0.4) is 0 Å². The van der Waals surface area contributed by atoms with Crippen LogP contribution in [0.1, 0.15) is 56.5 Å². The first-order valence-corrected chi connectivity index (χ1v) is 14.1. The largest absolute Gasteiger partial charge is 0.413 e. The summed E-state index contributed by atoms with van der Waals surface area (Å²) in [5.41, 5.74) is 2.27. The lowest BCUT2D eigenvalue weighted by Gasteiger charge is -2.22. The molecule has 0 amide bonds. The molecule has 5 aromatic rings. The van der Waals surface area contributed by atoms with E-state index in [1.165, 1.54) is 29.8 Å². The molecule has 1 fully saturated rings. The Hall–Kier alpha value is -4.31. The molecule has 1 aliphatic carbocycles. The van der Waals surface area contributed by atoms with E-state index in [1.54, 1.807) is 17.6 Å². The van der Waals surface area contributed by atoms with Crippen LogP contribution in [-0.4, -0.2) is 37.7 Å². The first-order chi connectivity index (χ1) is 19.9. The third-order valence-electron chi connectivity index (χ3n) is 7.35. The van der Waals surface area contributed by atoms with Gasteiger partial charge in [0.15, 0.2) is 11.4 Å². The average molecular weight is 595 g/mol. The van der Waals surface area contributed by atoms with Gasteiger partial charge in [-0.25, -0.2) is 14.1 Å². The molecule has 0 spiro atoms. The minimum absolute atomic E-state index is 0.0731. The number of fused-ring (bicyclic) bond motifs is 2. The van der Waals surface area contributed by atoms with E-state index in [0.29, 0.717) is 34.4 Å². The summed E-state index contributed by atoms with van der Waals surface area (Å²) in [4.78, 5) is 8.55. The Kier molecular flexibility index (Phi) is 6.57. The predicted molar refractivity (Wildman–Crippen MR) is 153 cm³/mol. The quantitative estimate of drug-likeness (QED) is 0.193. The molecule has 8 nitrogen and oxygen atoms in total. The van der Waals surface area contributed by atoms with Crippen molar-refractivity contribution in [3.8, 4) is 6.07 Å². The van der Waals surface area contributed by atoms with Gasteiger partial charge < -0.3 is 10.6 Å². The Balaban J connectivity index is 1.47. The number of aromatic nitrogens is 5. The highest BCUT2D eigenvalue weighted by Crippen LogP contribution is 2.55. The topological polar surface area (TPSA) is 104 Å². The average Bonchev–Trinajstić information content (AvgIpc) is 3.37. The van der Waals surface area contributed by atoms with Crippen LogP contribution in [0, 0.1) is 22.6 Å². The number of alkyl halides is 3. The fourth-order valence-corrected chi connectivity index (χ4v) is 5.80. The molecule has 3 aromatic heterocycles. The van der Waals surface area contributed by atoms with Gasteiger partial charge in [0.25, 0.3) is 0 Å². The van der Waals surface area contributed by atoms with Crippen molar-refractivity contribution in [2.45, 2.75) is 51.4 Å². The van der Waals surface area contributed by atoms with E-state index in [9.17, 15) is 18.4 Å². The van der Waals surface area contributed by atoms with E-state index < -0.39 is 23.6 Å². The zero-order valence-electron chi connectivity index (χ0n) is 22.9. The van der Waals surface area contributed by atoms with E-state index in [-0.39, 0.29) is 35.0 Å². The highest BCUT2D eigenvalue weighted by Gasteiger charge is 2.66. The number of nitriles is 1. The van der Waals surface area contributed by atoms with Gasteiger partial charge in [-0.05, 0) is 42.0 Å². The highest BCUT2D eigenvalue weighted by atomic mass is 32.1. The molecule has 0 bridgehead atoms. The van der Waals surface area contributed by atoms with Crippen LogP contribution < -0.4 is 10.6 Å². The van der Waals surface area contributed by atoms with Gasteiger partial charge in [-0.15, -0.1) is 16.4 Å². The molecule has 13 heteroatoms. The highest BCUT2D eigenvalue weighted by molar-refractivity contribution is 7.17. The normalized spacial score (nSPS) is 15.5. The Morgan fingerprint density at radius 2 is 1.95 bits per heavy atom. The number of nitrogens with zero attached hydrogens (tertiary/aromatic N) is 6. The van der Waals surface area contributed by atoms with Crippen molar-refractivity contribution in [3.63, 3.8) is 0 Å². The van der Waals surface area contributed by atoms with Crippen LogP contribution in [0.5, 0.6) is 0 Å². The molecule has 1 atom stereocenters. The lowest BCUT2D eigenvalue weighted by atomic mass is 9.96. The van der Waals surface area contributed by atoms with Crippen LogP contribution in [0.4, 0.5) is 28.9 Å². The predicted octanol–water partition coefficient (Wildman–Crippen LogP) is 7.16. The number of benzene rings is 2. The number of hydrogen-bond acceptors (Lipinski definition) is 8. The molecule has 2 aromatic carbocycles. The van der Waals surface area contributed by atoms with Gasteiger partial charge in [0.05, 0.1) is 39.2 Å². The van der Waals surface area contributed by atoms with Crippen LogP contribution in [0.15, 0.2) is 48.2 Å². The van der Waals surface area contributed by atoms with E-state index >= 15 is 4.39 Å². The number of thiazole rings is 1. The van der Waals surface area contributed by atoms with E-state index in [4.69, 9.17) is 0 Å². The van der Waals surface area contributed by atoms with Crippen LogP contribution >= 0.6 is 11.3 Å². The molecule has 6 rings (SSSR count). The van der Waals surface area contributed by atoms with Crippen LogP contribution in [-0.2, 0) is 5.54 Å². The van der Waals surface area contributed by atoms with E-state index in [0.717, 1.165) is 9.38 Å². The number of halogens is 4. The molecule has 1 saturated carbocycles. The third kappa shape index (κ3) is 4.89. The first kappa shape index (κ1) is 27.8. The summed E-state index contributed by atoms with van der Waals surface area (Å²) in [5.74, 6) is -0.620. The summed E-state index contributed by atoms with van der Waals surface area (Å²) in [6.07, 6.45) is -1.97. The van der Waals surface area contributed by atoms with Gasteiger partial charge in [-0.1, -0.05) is 38.1 Å². The van der Waals surface area contributed by atoms with Crippen LogP contribution in [0.25, 0.3) is 21.1 Å². The second-order valence-corrected chi connectivity index (χ2v) is 12.5. The molecule has 0 radical (unpaired) electrons. The molecule has 1 unspecified atom stereocenters. The fraction of sp³-hybridized carbons (Fsp3) is 0.345. The summed E-state index contributed by atoms with van der Waals surface area (Å²) in [6.45, 7) is 6.61. The molecule has 2 N–H and O–H groups in total. The van der Waals surface area contributed by atoms with Crippen molar-refractivity contribution >= 4 is 43.8 Å². The molecule has 216 valence electrons. The smallest absolute Gasteiger partial charge is 0.383 e. The summed E-state index contributed by atoms with van der Waals surface area (Å²) < 4.78 is 58.8. The number of pyridine rings is 1. The van der Waals surface area contributed by atoms with Crippen molar-refractivity contribution in [2.75, 3.05) is 17.2 Å². The zero-order valence-corrected chi connectivity index (χ0v) is 23.7. The second-order valence-electron chi connectivity index (χ2n) is 11.7. The number of nitrogens with one attached hydrogen (secondary N) is 2. The summed E-state index contributed by atoms with van der Waals surface area (Å²) >= 11 is 1.38. The van der Waals surface area contributed by atoms with Crippen molar-refractivity contribution in [1.82, 2.24) is 25.0 Å². The van der Waals surface area contributed by atoms with Gasteiger partial charge in [-0.3, -0.25) is 4.98 Å². The molecular formula is C29H26F4N8S. The van der Waals surface area contributed by atoms with Gasteiger partial charge >= 0.3 is 6.18 Å². The number of rotatable bonds is 7. The lowest BCUT2D eigenvalue weighted by molar-refractivity contribution is -0.182. The molecular weight excluding hydrogens is 568 g/mol. The number of hydrogen-bond donors (Lipinski definition) is 2. The van der Waals surface area contributed by atoms with Crippen molar-refractivity contribution in [1.29, 1.82) is 5.26 Å². The minimum atomic E-state index is -4.47. The maximum atomic E-state index is 15.5. The monoisotopic (exact) mass is 594 g/mol. The Morgan fingerprint density at radius 3 is 2.64 bits per heavy atom. The Bertz CT molecular complexity index is 1840. The molecule has 0 saturated heterocycles. The zero-order chi connectivity index (χ0) is 29.9. The molecule has 3 heterocycles. The van der Waals surface area contributed by atoms with E-state index in [2.05, 4.69) is 37.0 Å². The van der Waals surface area contributed by atoms with Gasteiger partial charge in [0, 0.05) is 23.8 Å². The van der Waals surface area contributed by atoms with Crippen molar-refractivity contribution in [2.24, 2.45) is 5.41 Å². The van der Waals surface area contributed by atoms with Crippen LogP contribution in [0.2, 0.25) is 0 Å².